The second kappa shape index (κ2) is 4.69. The summed E-state index contributed by atoms with van der Waals surface area (Å²) in [4.78, 5) is 13.0. The molecule has 0 radical (unpaired) electrons. The maximum Gasteiger partial charge on any atom is 0.155 e. The van der Waals surface area contributed by atoms with E-state index in [1.165, 1.54) is 0 Å². The van der Waals surface area contributed by atoms with Crippen molar-refractivity contribution in [3.05, 3.63) is 4.91 Å². The van der Waals surface area contributed by atoms with Crippen molar-refractivity contribution in [2.24, 2.45) is 5.34 Å². The average Bonchev–Trinajstić information content (AvgIpc) is 1.61. The van der Waals surface area contributed by atoms with Gasteiger partial charge < -0.3 is 4.84 Å². The number of rotatable bonds is 3. The van der Waals surface area contributed by atoms with Gasteiger partial charge in [-0.3, -0.25) is 0 Å². The largest absolute Gasteiger partial charge is 0.363 e. The van der Waals surface area contributed by atoms with Crippen LogP contribution >= 0.6 is 11.6 Å². The van der Waals surface area contributed by atoms with Crippen LogP contribution < -0.4 is 0 Å². The maximum absolute atomic E-state index is 9.03. The van der Waals surface area contributed by atoms with Crippen molar-refractivity contribution < 1.29 is 4.84 Å². The molecule has 36 valence electrons. The first kappa shape index (κ1) is 5.69. The Labute approximate surface area is 40.2 Å². The molecule has 0 spiro atoms. The second-order valence-corrected chi connectivity index (χ2v) is 0.975. The van der Waals surface area contributed by atoms with Crippen LogP contribution in [0.5, 0.6) is 0 Å². The van der Waals surface area contributed by atoms with Gasteiger partial charge in [-0.15, -0.1) is 16.5 Å². The summed E-state index contributed by atoms with van der Waals surface area (Å²) in [5.74, 6) is 0.311. The van der Waals surface area contributed by atoms with Crippen molar-refractivity contribution in [2.75, 3.05) is 12.5 Å². The van der Waals surface area contributed by atoms with Gasteiger partial charge in [0, 0.05) is 0 Å². The summed E-state index contributed by atoms with van der Waals surface area (Å²) >= 11 is 5.06. The minimum absolute atomic E-state index is 0.199. The average molecular weight is 110 g/mol. The number of hydrogen-bond donors (Lipinski definition) is 0. The van der Waals surface area contributed by atoms with E-state index in [0.717, 1.165) is 0 Å². The van der Waals surface area contributed by atoms with E-state index in [4.69, 9.17) is 16.5 Å². The minimum Gasteiger partial charge on any atom is -0.363 e. The van der Waals surface area contributed by atoms with Crippen molar-refractivity contribution in [2.45, 2.75) is 0 Å². The molecule has 0 aromatic rings. The SMILES string of the molecule is O=NOCCCl. The van der Waals surface area contributed by atoms with Crippen molar-refractivity contribution in [1.82, 2.24) is 0 Å². The summed E-state index contributed by atoms with van der Waals surface area (Å²) in [5.41, 5.74) is 0. The van der Waals surface area contributed by atoms with Crippen LogP contribution in [0.4, 0.5) is 0 Å². The summed E-state index contributed by atoms with van der Waals surface area (Å²) in [6.45, 7) is 0.199. The van der Waals surface area contributed by atoms with E-state index < -0.39 is 0 Å². The Bertz CT molecular complexity index is 40.5. The highest BCUT2D eigenvalue weighted by atomic mass is 35.5. The van der Waals surface area contributed by atoms with E-state index in [-0.39, 0.29) is 6.61 Å². The molecule has 4 heteroatoms. The zero-order valence-electron chi connectivity index (χ0n) is 3.06. The Hall–Kier alpha value is -0.310. The molecule has 0 rings (SSSR count). The fourth-order valence-corrected chi connectivity index (χ4v) is 0.141. The molecule has 6 heavy (non-hydrogen) atoms. The topological polar surface area (TPSA) is 38.7 Å². The zero-order chi connectivity index (χ0) is 4.83. The van der Waals surface area contributed by atoms with Crippen LogP contribution in [0, 0.1) is 4.91 Å². The predicted octanol–water partition coefficient (Wildman–Crippen LogP) is 0.923. The van der Waals surface area contributed by atoms with Crippen molar-refractivity contribution in [3.8, 4) is 0 Å². The van der Waals surface area contributed by atoms with Crippen molar-refractivity contribution in [1.29, 1.82) is 0 Å². The van der Waals surface area contributed by atoms with Crippen LogP contribution in [0.3, 0.4) is 0 Å². The monoisotopic (exact) mass is 109 g/mol. The molecule has 0 aliphatic heterocycles. The first-order valence-electron chi connectivity index (χ1n) is 1.42. The van der Waals surface area contributed by atoms with Crippen molar-refractivity contribution >= 4 is 11.6 Å². The van der Waals surface area contributed by atoms with Gasteiger partial charge >= 0.3 is 0 Å². The van der Waals surface area contributed by atoms with Gasteiger partial charge in [0.25, 0.3) is 0 Å². The molecule has 0 aromatic carbocycles. The molecule has 0 saturated carbocycles. The lowest BCUT2D eigenvalue weighted by atomic mass is 10.9. The summed E-state index contributed by atoms with van der Waals surface area (Å²) < 4.78 is 0. The smallest absolute Gasteiger partial charge is 0.155 e. The molecule has 0 fully saturated rings. The van der Waals surface area contributed by atoms with E-state index in [9.17, 15) is 0 Å². The Morgan fingerprint density at radius 1 is 1.83 bits per heavy atom. The summed E-state index contributed by atoms with van der Waals surface area (Å²) in [5, 5.41) is 2.09. The molecular formula is C2H4ClNO2. The third-order valence-corrected chi connectivity index (χ3v) is 0.375. The maximum atomic E-state index is 9.03. The van der Waals surface area contributed by atoms with E-state index in [1.54, 1.807) is 0 Å². The molecule has 0 aromatic heterocycles. The number of alkyl halides is 1. The van der Waals surface area contributed by atoms with Crippen molar-refractivity contribution in [3.63, 3.8) is 0 Å². The molecule has 0 heterocycles. The molecule has 0 aliphatic rings. The van der Waals surface area contributed by atoms with Gasteiger partial charge in [-0.05, 0) is 0 Å². The van der Waals surface area contributed by atoms with Gasteiger partial charge in [-0.25, -0.2) is 0 Å². The van der Waals surface area contributed by atoms with Gasteiger partial charge in [0.05, 0.1) is 5.88 Å². The summed E-state index contributed by atoms with van der Waals surface area (Å²) in [6, 6.07) is 0. The van der Waals surface area contributed by atoms with E-state index in [0.29, 0.717) is 5.88 Å². The third kappa shape index (κ3) is 3.69. The quantitative estimate of drug-likeness (QED) is 0.234. The highest BCUT2D eigenvalue weighted by molar-refractivity contribution is 6.17. The predicted molar refractivity (Wildman–Crippen MR) is 22.5 cm³/mol. The first-order chi connectivity index (χ1) is 2.91. The molecule has 0 unspecified atom stereocenters. The fraction of sp³-hybridized carbons (Fsp3) is 1.00. The Morgan fingerprint density at radius 3 is 2.67 bits per heavy atom. The van der Waals surface area contributed by atoms with Gasteiger partial charge in [0.1, 0.15) is 6.61 Å². The Kier molecular flexibility index (Phi) is 4.45. The molecule has 3 nitrogen and oxygen atoms in total. The van der Waals surface area contributed by atoms with Gasteiger partial charge in [-0.2, -0.15) is 0 Å². The van der Waals surface area contributed by atoms with E-state index in [1.807, 2.05) is 0 Å². The van der Waals surface area contributed by atoms with E-state index >= 15 is 0 Å². The van der Waals surface area contributed by atoms with Gasteiger partial charge in [-0.1, -0.05) is 0 Å². The van der Waals surface area contributed by atoms with Gasteiger partial charge in [0.15, 0.2) is 5.34 Å². The highest BCUT2D eigenvalue weighted by Crippen LogP contribution is 1.75. The third-order valence-electron chi connectivity index (χ3n) is 0.221. The number of halogens is 1. The van der Waals surface area contributed by atoms with Crippen LogP contribution in [0.25, 0.3) is 0 Å². The summed E-state index contributed by atoms with van der Waals surface area (Å²) in [7, 11) is 0. The lowest BCUT2D eigenvalue weighted by Crippen LogP contribution is -1.84. The molecule has 0 aliphatic carbocycles. The van der Waals surface area contributed by atoms with Crippen LogP contribution in [0.2, 0.25) is 0 Å². The van der Waals surface area contributed by atoms with Gasteiger partial charge in [0.2, 0.25) is 0 Å². The number of hydrogen-bond acceptors (Lipinski definition) is 3. The zero-order valence-corrected chi connectivity index (χ0v) is 3.81. The molecule has 0 saturated heterocycles. The molecule has 0 atom stereocenters. The highest BCUT2D eigenvalue weighted by Gasteiger charge is 1.75. The first-order valence-corrected chi connectivity index (χ1v) is 1.96. The molecule has 0 amide bonds. The minimum atomic E-state index is 0.199. The Morgan fingerprint density at radius 2 is 2.50 bits per heavy atom. The molecule has 0 bridgehead atoms. The Balaban J connectivity index is 2.49. The lowest BCUT2D eigenvalue weighted by molar-refractivity contribution is 0.156. The standard InChI is InChI=1S/C2H4ClNO2/c3-1-2-6-4-5/h1-2H2. The number of nitrogens with zero attached hydrogens (tertiary/aromatic N) is 1. The van der Waals surface area contributed by atoms with Crippen LogP contribution in [-0.2, 0) is 4.84 Å². The summed E-state index contributed by atoms with van der Waals surface area (Å²) in [6.07, 6.45) is 0. The lowest BCUT2D eigenvalue weighted by Gasteiger charge is -1.81. The van der Waals surface area contributed by atoms with Crippen LogP contribution in [0.15, 0.2) is 5.34 Å². The second-order valence-electron chi connectivity index (χ2n) is 0.597. The fourth-order valence-electron chi connectivity index (χ4n) is 0.0718. The normalized spacial score (nSPS) is 7.50. The molecular weight excluding hydrogens is 105 g/mol. The molecule has 0 N–H and O–H groups in total. The van der Waals surface area contributed by atoms with Crippen LogP contribution in [-0.4, -0.2) is 12.5 Å². The van der Waals surface area contributed by atoms with Crippen LogP contribution in [0.1, 0.15) is 0 Å². The van der Waals surface area contributed by atoms with E-state index in [2.05, 4.69) is 10.2 Å².